The molecule has 1 aromatic carbocycles. The number of aliphatic imine (C=N–C) groups is 1. The summed E-state index contributed by atoms with van der Waals surface area (Å²) in [6.07, 6.45) is 2.59. The number of benzene rings is 1. The van der Waals surface area contributed by atoms with Gasteiger partial charge in [0.2, 0.25) is 0 Å². The molecule has 0 aliphatic carbocycles. The minimum Gasteiger partial charge on any atom is -0.292 e. The summed E-state index contributed by atoms with van der Waals surface area (Å²) in [5.74, 6) is -0.305. The van der Waals surface area contributed by atoms with Gasteiger partial charge in [-0.05, 0) is 30.2 Å². The van der Waals surface area contributed by atoms with Crippen LogP contribution in [-0.4, -0.2) is 18.0 Å². The van der Waals surface area contributed by atoms with E-state index >= 15 is 0 Å². The number of halogens is 1. The van der Waals surface area contributed by atoms with E-state index in [1.54, 1.807) is 18.2 Å². The fraction of sp³-hybridized carbons (Fsp3) is 0.231. The van der Waals surface area contributed by atoms with Crippen molar-refractivity contribution in [1.29, 1.82) is 0 Å². The maximum Gasteiger partial charge on any atom is 0.184 e. The average molecular weight is 217 g/mol. The molecule has 16 heavy (non-hydrogen) atoms. The number of rotatable bonds is 2. The van der Waals surface area contributed by atoms with Crippen LogP contribution < -0.4 is 0 Å². The molecule has 0 atom stereocenters. The zero-order valence-electron chi connectivity index (χ0n) is 9.03. The smallest absolute Gasteiger partial charge is 0.184 e. The van der Waals surface area contributed by atoms with Crippen molar-refractivity contribution in [3.05, 3.63) is 41.7 Å². The molecule has 3 heteroatoms. The summed E-state index contributed by atoms with van der Waals surface area (Å²) in [6, 6.07) is 5.97. The first kappa shape index (κ1) is 10.7. The third kappa shape index (κ3) is 2.08. The zero-order valence-corrected chi connectivity index (χ0v) is 9.03. The molecular weight excluding hydrogens is 205 g/mol. The van der Waals surface area contributed by atoms with Crippen molar-refractivity contribution < 1.29 is 9.18 Å². The number of carbonyl (C=O) groups excluding carboxylic acids is 1. The minimum atomic E-state index is -0.294. The second kappa shape index (κ2) is 4.39. The van der Waals surface area contributed by atoms with E-state index in [1.807, 2.05) is 6.92 Å². The number of Topliss-reactive ketones (excluding diaryl/α,β-unsaturated/α-hetero) is 1. The molecule has 1 aliphatic rings. The van der Waals surface area contributed by atoms with Gasteiger partial charge in [0.05, 0.1) is 0 Å². The summed E-state index contributed by atoms with van der Waals surface area (Å²) >= 11 is 0. The Morgan fingerprint density at radius 2 is 2.00 bits per heavy atom. The molecule has 0 amide bonds. The van der Waals surface area contributed by atoms with Gasteiger partial charge >= 0.3 is 0 Å². The quantitative estimate of drug-likeness (QED) is 0.748. The van der Waals surface area contributed by atoms with E-state index < -0.39 is 0 Å². The molecule has 0 radical (unpaired) electrons. The third-order valence-electron chi connectivity index (χ3n) is 2.55. The van der Waals surface area contributed by atoms with Crippen molar-refractivity contribution >= 4 is 17.1 Å². The van der Waals surface area contributed by atoms with Crippen LogP contribution in [0, 0.1) is 5.82 Å². The fourth-order valence-electron chi connectivity index (χ4n) is 1.64. The predicted octanol–water partition coefficient (Wildman–Crippen LogP) is 2.64. The molecule has 0 bridgehead atoms. The molecule has 0 unspecified atom stereocenters. The molecular formula is C13H12FNO. The first-order valence-electron chi connectivity index (χ1n) is 5.25. The number of hydrogen-bond donors (Lipinski definition) is 0. The minimum absolute atomic E-state index is 0.0104. The highest BCUT2D eigenvalue weighted by molar-refractivity contribution is 6.28. The standard InChI is InChI=1S/C13H12FNO/c1-2-11-7-12(13(16)8-15-11)9-3-5-10(14)6-4-9/h3-7H,2,8H2,1H3. The van der Waals surface area contributed by atoms with Crippen LogP contribution in [0.3, 0.4) is 0 Å². The van der Waals surface area contributed by atoms with Gasteiger partial charge in [-0.15, -0.1) is 0 Å². The van der Waals surface area contributed by atoms with Gasteiger partial charge in [-0.1, -0.05) is 19.1 Å². The Bertz CT molecular complexity index is 471. The van der Waals surface area contributed by atoms with Crippen molar-refractivity contribution in [3.8, 4) is 0 Å². The fourth-order valence-corrected chi connectivity index (χ4v) is 1.64. The van der Waals surface area contributed by atoms with Crippen LogP contribution in [0.5, 0.6) is 0 Å². The molecule has 2 nitrogen and oxygen atoms in total. The van der Waals surface area contributed by atoms with Gasteiger partial charge in [0, 0.05) is 11.3 Å². The second-order valence-electron chi connectivity index (χ2n) is 3.65. The lowest BCUT2D eigenvalue weighted by atomic mass is 9.97. The zero-order chi connectivity index (χ0) is 11.5. The van der Waals surface area contributed by atoms with Crippen LogP contribution in [0.15, 0.2) is 35.3 Å². The van der Waals surface area contributed by atoms with Crippen LogP contribution in [0.2, 0.25) is 0 Å². The maximum absolute atomic E-state index is 12.8. The Balaban J connectivity index is 2.38. The lowest BCUT2D eigenvalue weighted by molar-refractivity contribution is -0.112. The SMILES string of the molecule is CCC1=NCC(=O)C(c2ccc(F)cc2)=C1. The van der Waals surface area contributed by atoms with E-state index in [4.69, 9.17) is 0 Å². The molecule has 82 valence electrons. The topological polar surface area (TPSA) is 29.4 Å². The number of dihydropyridines is 1. The van der Waals surface area contributed by atoms with Crippen molar-refractivity contribution in [3.63, 3.8) is 0 Å². The molecule has 2 rings (SSSR count). The van der Waals surface area contributed by atoms with Gasteiger partial charge in [-0.25, -0.2) is 4.39 Å². The Kier molecular flexibility index (Phi) is 2.95. The normalized spacial score (nSPS) is 15.8. The summed E-state index contributed by atoms with van der Waals surface area (Å²) in [7, 11) is 0. The van der Waals surface area contributed by atoms with Gasteiger partial charge in [0.25, 0.3) is 0 Å². The third-order valence-corrected chi connectivity index (χ3v) is 2.55. The highest BCUT2D eigenvalue weighted by atomic mass is 19.1. The van der Waals surface area contributed by atoms with Crippen molar-refractivity contribution in [2.45, 2.75) is 13.3 Å². The Morgan fingerprint density at radius 3 is 2.62 bits per heavy atom. The molecule has 0 spiro atoms. The van der Waals surface area contributed by atoms with E-state index in [9.17, 15) is 9.18 Å². The summed E-state index contributed by atoms with van der Waals surface area (Å²) < 4.78 is 12.8. The van der Waals surface area contributed by atoms with E-state index in [1.165, 1.54) is 12.1 Å². The Labute approximate surface area is 93.5 Å². The summed E-state index contributed by atoms with van der Waals surface area (Å²) in [5.41, 5.74) is 2.30. The Morgan fingerprint density at radius 1 is 1.31 bits per heavy atom. The van der Waals surface area contributed by atoms with Crippen molar-refractivity contribution in [1.82, 2.24) is 0 Å². The first-order valence-corrected chi connectivity index (χ1v) is 5.25. The summed E-state index contributed by atoms with van der Waals surface area (Å²) in [4.78, 5) is 15.8. The summed E-state index contributed by atoms with van der Waals surface area (Å²) in [5, 5.41) is 0. The van der Waals surface area contributed by atoms with Crippen LogP contribution in [-0.2, 0) is 4.79 Å². The highest BCUT2D eigenvalue weighted by Gasteiger charge is 2.16. The number of hydrogen-bond acceptors (Lipinski definition) is 2. The molecule has 0 saturated carbocycles. The summed E-state index contributed by atoms with van der Waals surface area (Å²) in [6.45, 7) is 2.19. The van der Waals surface area contributed by atoms with Crippen LogP contribution in [0.25, 0.3) is 5.57 Å². The lowest BCUT2D eigenvalue weighted by Crippen LogP contribution is -2.14. The van der Waals surface area contributed by atoms with E-state index in [2.05, 4.69) is 4.99 Å². The van der Waals surface area contributed by atoms with Gasteiger partial charge < -0.3 is 0 Å². The maximum atomic E-state index is 12.8. The second-order valence-corrected chi connectivity index (χ2v) is 3.65. The number of allylic oxidation sites excluding steroid dienone is 1. The lowest BCUT2D eigenvalue weighted by Gasteiger charge is -2.11. The molecule has 0 saturated heterocycles. The monoisotopic (exact) mass is 217 g/mol. The number of ketones is 1. The molecule has 0 N–H and O–H groups in total. The molecule has 0 fully saturated rings. The van der Waals surface area contributed by atoms with Gasteiger partial charge in [-0.3, -0.25) is 9.79 Å². The highest BCUT2D eigenvalue weighted by Crippen LogP contribution is 2.19. The van der Waals surface area contributed by atoms with Crippen LogP contribution in [0.1, 0.15) is 18.9 Å². The largest absolute Gasteiger partial charge is 0.292 e. The average Bonchev–Trinajstić information content (AvgIpc) is 2.31. The molecule has 0 aromatic heterocycles. The van der Waals surface area contributed by atoms with Crippen LogP contribution >= 0.6 is 0 Å². The number of carbonyl (C=O) groups is 1. The van der Waals surface area contributed by atoms with E-state index in [-0.39, 0.29) is 18.1 Å². The van der Waals surface area contributed by atoms with Gasteiger partial charge in [-0.2, -0.15) is 0 Å². The predicted molar refractivity (Wildman–Crippen MR) is 62.0 cm³/mol. The van der Waals surface area contributed by atoms with Crippen molar-refractivity contribution in [2.75, 3.05) is 6.54 Å². The Hall–Kier alpha value is -1.77. The number of nitrogens with zero attached hydrogens (tertiary/aromatic N) is 1. The van der Waals surface area contributed by atoms with E-state index in [0.29, 0.717) is 5.57 Å². The van der Waals surface area contributed by atoms with Crippen molar-refractivity contribution in [2.24, 2.45) is 4.99 Å². The molecule has 1 aliphatic heterocycles. The van der Waals surface area contributed by atoms with Gasteiger partial charge in [0.15, 0.2) is 5.78 Å². The van der Waals surface area contributed by atoms with E-state index in [0.717, 1.165) is 17.7 Å². The molecule has 1 aromatic rings. The van der Waals surface area contributed by atoms with Crippen LogP contribution in [0.4, 0.5) is 4.39 Å². The van der Waals surface area contributed by atoms with Gasteiger partial charge in [0.1, 0.15) is 12.4 Å². The first-order chi connectivity index (χ1) is 7.70. The molecule has 1 heterocycles.